The molecule has 0 radical (unpaired) electrons. The van der Waals surface area contributed by atoms with Gasteiger partial charge in [-0.3, -0.25) is 4.79 Å². The lowest BCUT2D eigenvalue weighted by Gasteiger charge is -2.30. The number of ketones is 1. The van der Waals surface area contributed by atoms with Crippen LogP contribution in [0.15, 0.2) is 29.2 Å². The quantitative estimate of drug-likeness (QED) is 0.784. The SMILES string of the molecule is CC(=O)c1cccc(S(=O)(=O)N2CCO[C@@H](C)C2)c1. The third-order valence-corrected chi connectivity index (χ3v) is 4.94. The molecule has 1 aliphatic heterocycles. The Balaban J connectivity index is 2.33. The maximum Gasteiger partial charge on any atom is 0.243 e. The summed E-state index contributed by atoms with van der Waals surface area (Å²) in [7, 11) is -3.55. The van der Waals surface area contributed by atoms with Crippen LogP contribution in [-0.2, 0) is 14.8 Å². The second-order valence-electron chi connectivity index (χ2n) is 4.63. The zero-order valence-corrected chi connectivity index (χ0v) is 11.8. The summed E-state index contributed by atoms with van der Waals surface area (Å²) in [4.78, 5) is 11.5. The predicted octanol–water partition coefficient (Wildman–Crippen LogP) is 1.30. The molecule has 1 aliphatic rings. The van der Waals surface area contributed by atoms with Crippen LogP contribution in [-0.4, -0.2) is 44.3 Å². The molecule has 104 valence electrons. The van der Waals surface area contributed by atoms with Crippen molar-refractivity contribution in [2.24, 2.45) is 0 Å². The van der Waals surface area contributed by atoms with Gasteiger partial charge in [0.15, 0.2) is 5.78 Å². The number of ether oxygens (including phenoxy) is 1. The molecule has 2 rings (SSSR count). The maximum absolute atomic E-state index is 12.5. The molecule has 6 heteroatoms. The number of hydrogen-bond donors (Lipinski definition) is 0. The summed E-state index contributed by atoms with van der Waals surface area (Å²) in [6.45, 7) is 4.34. The maximum atomic E-state index is 12.5. The van der Waals surface area contributed by atoms with Crippen LogP contribution in [0.2, 0.25) is 0 Å². The Kier molecular flexibility index (Phi) is 4.03. The van der Waals surface area contributed by atoms with Gasteiger partial charge in [-0.25, -0.2) is 8.42 Å². The standard InChI is InChI=1S/C13H17NO4S/c1-10-9-14(6-7-18-10)19(16,17)13-5-3-4-12(8-13)11(2)15/h3-5,8,10H,6-7,9H2,1-2H3/t10-/m0/s1. The van der Waals surface area contributed by atoms with Crippen molar-refractivity contribution < 1.29 is 17.9 Å². The molecule has 0 saturated carbocycles. The molecule has 19 heavy (non-hydrogen) atoms. The first-order chi connectivity index (χ1) is 8.91. The first-order valence-electron chi connectivity index (χ1n) is 6.14. The fourth-order valence-corrected chi connectivity index (χ4v) is 3.58. The number of morpholine rings is 1. The summed E-state index contributed by atoms with van der Waals surface area (Å²) in [6.07, 6.45) is -0.112. The topological polar surface area (TPSA) is 63.7 Å². The number of carbonyl (C=O) groups is 1. The third kappa shape index (κ3) is 3.02. The molecule has 1 aromatic carbocycles. The summed E-state index contributed by atoms with van der Waals surface area (Å²) >= 11 is 0. The molecule has 0 bridgehead atoms. The van der Waals surface area contributed by atoms with E-state index in [0.29, 0.717) is 25.3 Å². The molecule has 1 saturated heterocycles. The van der Waals surface area contributed by atoms with Crippen molar-refractivity contribution in [3.8, 4) is 0 Å². The van der Waals surface area contributed by atoms with Crippen LogP contribution in [0.4, 0.5) is 0 Å². The third-order valence-electron chi connectivity index (χ3n) is 3.08. The second kappa shape index (κ2) is 5.40. The molecule has 0 aliphatic carbocycles. The van der Waals surface area contributed by atoms with E-state index in [1.165, 1.54) is 23.4 Å². The smallest absolute Gasteiger partial charge is 0.243 e. The number of Topliss-reactive ketones (excluding diaryl/α,β-unsaturated/α-hetero) is 1. The highest BCUT2D eigenvalue weighted by Gasteiger charge is 2.29. The highest BCUT2D eigenvalue weighted by molar-refractivity contribution is 7.89. The van der Waals surface area contributed by atoms with Gasteiger partial charge < -0.3 is 4.74 Å². The Bertz CT molecular complexity index is 582. The zero-order chi connectivity index (χ0) is 14.0. The number of sulfonamides is 1. The van der Waals surface area contributed by atoms with Gasteiger partial charge in [0, 0.05) is 18.7 Å². The Morgan fingerprint density at radius 3 is 2.79 bits per heavy atom. The van der Waals surface area contributed by atoms with Gasteiger partial charge in [-0.05, 0) is 26.0 Å². The minimum atomic E-state index is -3.55. The Morgan fingerprint density at radius 2 is 2.16 bits per heavy atom. The number of carbonyl (C=O) groups excluding carboxylic acids is 1. The molecular weight excluding hydrogens is 266 g/mol. The Hall–Kier alpha value is -1.24. The summed E-state index contributed by atoms with van der Waals surface area (Å²) in [6, 6.07) is 6.15. The summed E-state index contributed by atoms with van der Waals surface area (Å²) in [5.41, 5.74) is 0.405. The monoisotopic (exact) mass is 283 g/mol. The van der Waals surface area contributed by atoms with E-state index in [4.69, 9.17) is 4.74 Å². The van der Waals surface area contributed by atoms with Gasteiger partial charge >= 0.3 is 0 Å². The van der Waals surface area contributed by atoms with E-state index in [2.05, 4.69) is 0 Å². The number of nitrogens with zero attached hydrogens (tertiary/aromatic N) is 1. The molecule has 0 spiro atoms. The lowest BCUT2D eigenvalue weighted by atomic mass is 10.2. The Labute approximate surface area is 113 Å². The largest absolute Gasteiger partial charge is 0.376 e. The molecule has 0 amide bonds. The molecule has 0 unspecified atom stereocenters. The van der Waals surface area contributed by atoms with Crippen LogP contribution in [0.3, 0.4) is 0 Å². The number of rotatable bonds is 3. The van der Waals surface area contributed by atoms with Crippen LogP contribution in [0.25, 0.3) is 0 Å². The molecule has 0 aromatic heterocycles. The number of benzene rings is 1. The second-order valence-corrected chi connectivity index (χ2v) is 6.57. The average Bonchev–Trinajstić information content (AvgIpc) is 2.39. The summed E-state index contributed by atoms with van der Waals surface area (Å²) in [5, 5.41) is 0. The molecule has 1 heterocycles. The molecule has 5 nitrogen and oxygen atoms in total. The van der Waals surface area contributed by atoms with Crippen LogP contribution in [0, 0.1) is 0 Å². The van der Waals surface area contributed by atoms with Crippen molar-refractivity contribution in [3.05, 3.63) is 29.8 Å². The number of hydrogen-bond acceptors (Lipinski definition) is 4. The van der Waals surface area contributed by atoms with Crippen molar-refractivity contribution in [2.75, 3.05) is 19.7 Å². The normalized spacial score (nSPS) is 21.3. The first-order valence-corrected chi connectivity index (χ1v) is 7.58. The highest BCUT2D eigenvalue weighted by atomic mass is 32.2. The van der Waals surface area contributed by atoms with E-state index < -0.39 is 10.0 Å². The highest BCUT2D eigenvalue weighted by Crippen LogP contribution is 2.19. The van der Waals surface area contributed by atoms with E-state index in [1.807, 2.05) is 6.92 Å². The van der Waals surface area contributed by atoms with E-state index in [-0.39, 0.29) is 16.8 Å². The van der Waals surface area contributed by atoms with E-state index in [0.717, 1.165) is 0 Å². The van der Waals surface area contributed by atoms with Gasteiger partial charge in [0.1, 0.15) is 0 Å². The van der Waals surface area contributed by atoms with Crippen LogP contribution >= 0.6 is 0 Å². The minimum absolute atomic E-state index is 0.112. The van der Waals surface area contributed by atoms with Crippen molar-refractivity contribution >= 4 is 15.8 Å². The van der Waals surface area contributed by atoms with Gasteiger partial charge in [-0.15, -0.1) is 0 Å². The molecule has 1 aromatic rings. The summed E-state index contributed by atoms with van der Waals surface area (Å²) < 4.78 is 31.7. The van der Waals surface area contributed by atoms with Crippen molar-refractivity contribution in [3.63, 3.8) is 0 Å². The lowest BCUT2D eigenvalue weighted by Crippen LogP contribution is -2.44. The molecule has 0 N–H and O–H groups in total. The molecule has 1 fully saturated rings. The fraction of sp³-hybridized carbons (Fsp3) is 0.462. The van der Waals surface area contributed by atoms with Gasteiger partial charge in [-0.1, -0.05) is 12.1 Å². The first kappa shape index (κ1) is 14.2. The summed E-state index contributed by atoms with van der Waals surface area (Å²) in [5.74, 6) is -0.146. The lowest BCUT2D eigenvalue weighted by molar-refractivity contribution is 0.0102. The van der Waals surface area contributed by atoms with Crippen LogP contribution in [0.1, 0.15) is 24.2 Å². The molecule has 1 atom stereocenters. The zero-order valence-electron chi connectivity index (χ0n) is 11.0. The fourth-order valence-electron chi connectivity index (χ4n) is 2.03. The Morgan fingerprint density at radius 1 is 1.42 bits per heavy atom. The van der Waals surface area contributed by atoms with Crippen LogP contribution < -0.4 is 0 Å². The average molecular weight is 283 g/mol. The minimum Gasteiger partial charge on any atom is -0.376 e. The predicted molar refractivity (Wildman–Crippen MR) is 70.6 cm³/mol. The van der Waals surface area contributed by atoms with Crippen molar-refractivity contribution in [2.45, 2.75) is 24.8 Å². The van der Waals surface area contributed by atoms with Crippen LogP contribution in [0.5, 0.6) is 0 Å². The van der Waals surface area contributed by atoms with Gasteiger partial charge in [-0.2, -0.15) is 4.31 Å². The van der Waals surface area contributed by atoms with E-state index in [9.17, 15) is 13.2 Å². The van der Waals surface area contributed by atoms with E-state index in [1.54, 1.807) is 12.1 Å². The van der Waals surface area contributed by atoms with Crippen molar-refractivity contribution in [1.82, 2.24) is 4.31 Å². The van der Waals surface area contributed by atoms with Crippen molar-refractivity contribution in [1.29, 1.82) is 0 Å². The van der Waals surface area contributed by atoms with E-state index >= 15 is 0 Å². The van der Waals surface area contributed by atoms with Gasteiger partial charge in [0.2, 0.25) is 10.0 Å². The molecular formula is C13H17NO4S. The van der Waals surface area contributed by atoms with Gasteiger partial charge in [0.05, 0.1) is 17.6 Å². The van der Waals surface area contributed by atoms with Gasteiger partial charge in [0.25, 0.3) is 0 Å².